The van der Waals surface area contributed by atoms with E-state index in [0.29, 0.717) is 12.1 Å². The maximum atomic E-state index is 12.9. The number of piperidine rings is 1. The van der Waals surface area contributed by atoms with Crippen molar-refractivity contribution in [1.29, 1.82) is 0 Å². The first-order valence-electron chi connectivity index (χ1n) is 9.20. The van der Waals surface area contributed by atoms with Crippen LogP contribution in [0.25, 0.3) is 11.0 Å². The summed E-state index contributed by atoms with van der Waals surface area (Å²) in [7, 11) is 0. The van der Waals surface area contributed by atoms with Gasteiger partial charge in [0.15, 0.2) is 5.78 Å². The Morgan fingerprint density at radius 1 is 1.46 bits per heavy atom. The maximum absolute atomic E-state index is 12.9. The number of aromatic nitrogens is 2. The van der Waals surface area contributed by atoms with Crippen LogP contribution in [0, 0.1) is 5.41 Å². The molecule has 6 heteroatoms. The lowest BCUT2D eigenvalue weighted by atomic mass is 9.96. The quantitative estimate of drug-likeness (QED) is 0.640. The zero-order valence-corrected chi connectivity index (χ0v) is 15.0. The van der Waals surface area contributed by atoms with Gasteiger partial charge in [0.05, 0.1) is 5.39 Å². The average Bonchev–Trinajstić information content (AvgIpc) is 3.26. The van der Waals surface area contributed by atoms with Crippen molar-refractivity contribution in [3.05, 3.63) is 36.7 Å². The molecule has 136 valence electrons. The Balaban J connectivity index is 1.62. The number of likely N-dealkylation sites (tertiary alicyclic amines) is 1. The van der Waals surface area contributed by atoms with Gasteiger partial charge in [-0.25, -0.2) is 4.98 Å². The number of hydrogen-bond acceptors (Lipinski definition) is 4. The molecule has 2 fully saturated rings. The number of ketones is 1. The Labute approximate surface area is 152 Å². The zero-order chi connectivity index (χ0) is 18.3. The van der Waals surface area contributed by atoms with Crippen molar-refractivity contribution in [2.75, 3.05) is 18.4 Å². The van der Waals surface area contributed by atoms with Crippen LogP contribution in [0.2, 0.25) is 0 Å². The maximum Gasteiger partial charge on any atom is 0.246 e. The van der Waals surface area contributed by atoms with Crippen molar-refractivity contribution in [3.63, 3.8) is 0 Å². The van der Waals surface area contributed by atoms with Gasteiger partial charge in [0.2, 0.25) is 5.91 Å². The van der Waals surface area contributed by atoms with Crippen molar-refractivity contribution in [1.82, 2.24) is 14.9 Å². The van der Waals surface area contributed by atoms with Gasteiger partial charge in [-0.05, 0) is 37.8 Å². The summed E-state index contributed by atoms with van der Waals surface area (Å²) in [6.07, 6.45) is 8.71. The van der Waals surface area contributed by atoms with Crippen molar-refractivity contribution in [2.45, 2.75) is 38.6 Å². The molecule has 2 aromatic rings. The first-order chi connectivity index (χ1) is 12.5. The molecule has 0 aromatic carbocycles. The highest BCUT2D eigenvalue weighted by Gasteiger charge is 2.46. The molecule has 1 aliphatic carbocycles. The van der Waals surface area contributed by atoms with Gasteiger partial charge >= 0.3 is 0 Å². The third-order valence-corrected chi connectivity index (χ3v) is 5.63. The van der Waals surface area contributed by atoms with E-state index in [1.807, 2.05) is 17.9 Å². The molecule has 6 nitrogen and oxygen atoms in total. The summed E-state index contributed by atoms with van der Waals surface area (Å²) in [5.74, 6) is 0.155. The minimum atomic E-state index is -0.222. The molecule has 2 N–H and O–H groups in total. The smallest absolute Gasteiger partial charge is 0.246 e. The molecule has 0 bridgehead atoms. The normalized spacial score (nSPS) is 21.4. The van der Waals surface area contributed by atoms with Crippen molar-refractivity contribution < 1.29 is 9.59 Å². The summed E-state index contributed by atoms with van der Waals surface area (Å²) in [4.78, 5) is 34.1. The van der Waals surface area contributed by atoms with Gasteiger partial charge < -0.3 is 15.2 Å². The number of amides is 1. The van der Waals surface area contributed by atoms with E-state index in [1.165, 1.54) is 6.08 Å². The number of Topliss-reactive ketones (excluding diaryl/α,β-unsaturated/α-hetero) is 1. The van der Waals surface area contributed by atoms with Crippen LogP contribution in [0.4, 0.5) is 5.69 Å². The molecule has 0 unspecified atom stereocenters. The number of carbonyl (C=O) groups is 2. The number of rotatable bonds is 5. The predicted octanol–water partition coefficient (Wildman–Crippen LogP) is 3.13. The van der Waals surface area contributed by atoms with Gasteiger partial charge in [-0.15, -0.1) is 0 Å². The fourth-order valence-electron chi connectivity index (χ4n) is 3.74. The summed E-state index contributed by atoms with van der Waals surface area (Å²) < 4.78 is 0. The van der Waals surface area contributed by atoms with E-state index in [9.17, 15) is 9.59 Å². The molecule has 1 saturated heterocycles. The molecule has 4 rings (SSSR count). The summed E-state index contributed by atoms with van der Waals surface area (Å²) in [5, 5.41) is 4.40. The van der Waals surface area contributed by atoms with E-state index in [4.69, 9.17) is 0 Å². The van der Waals surface area contributed by atoms with Gasteiger partial charge in [-0.3, -0.25) is 9.59 Å². The number of aromatic amines is 1. The number of nitrogens with zero attached hydrogens (tertiary/aromatic N) is 2. The third-order valence-electron chi connectivity index (χ3n) is 5.63. The molecule has 1 aliphatic heterocycles. The highest BCUT2D eigenvalue weighted by Crippen LogP contribution is 2.48. The standard InChI is InChI=1S/C20H24N4O2/c1-3-16(25)24-10-4-5-13(12-24)23-15-6-9-21-19-17(15)14(11-22-19)18(26)20(2)7-8-20/h3,6,9,11,13H,1,4-5,7-8,10,12H2,2H3,(H2,21,22,23)/t13-/m1/s1. The zero-order valence-electron chi connectivity index (χ0n) is 15.0. The van der Waals surface area contributed by atoms with E-state index in [0.717, 1.165) is 48.9 Å². The van der Waals surface area contributed by atoms with Crippen molar-refractivity contribution >= 4 is 28.4 Å². The molecule has 1 amide bonds. The predicted molar refractivity (Wildman–Crippen MR) is 101 cm³/mol. The summed E-state index contributed by atoms with van der Waals surface area (Å²) in [6.45, 7) is 7.01. The van der Waals surface area contributed by atoms with Crippen molar-refractivity contribution in [2.24, 2.45) is 5.41 Å². The summed E-state index contributed by atoms with van der Waals surface area (Å²) >= 11 is 0. The second-order valence-corrected chi connectivity index (χ2v) is 7.65. The number of fused-ring (bicyclic) bond motifs is 1. The largest absolute Gasteiger partial charge is 0.380 e. The number of anilines is 1. The molecular formula is C20H24N4O2. The van der Waals surface area contributed by atoms with E-state index < -0.39 is 0 Å². The van der Waals surface area contributed by atoms with Gasteiger partial charge in [-0.1, -0.05) is 13.5 Å². The van der Waals surface area contributed by atoms with Crippen LogP contribution in [0.1, 0.15) is 43.0 Å². The molecular weight excluding hydrogens is 328 g/mol. The number of carbonyl (C=O) groups excluding carboxylic acids is 2. The monoisotopic (exact) mass is 352 g/mol. The molecule has 1 saturated carbocycles. The van der Waals surface area contributed by atoms with E-state index in [-0.39, 0.29) is 23.1 Å². The first-order valence-corrected chi connectivity index (χ1v) is 9.20. The molecule has 26 heavy (non-hydrogen) atoms. The molecule has 0 spiro atoms. The lowest BCUT2D eigenvalue weighted by molar-refractivity contribution is -0.127. The average molecular weight is 352 g/mol. The summed E-state index contributed by atoms with van der Waals surface area (Å²) in [6, 6.07) is 2.06. The lowest BCUT2D eigenvalue weighted by Crippen LogP contribution is -2.44. The highest BCUT2D eigenvalue weighted by molar-refractivity contribution is 6.14. The Morgan fingerprint density at radius 2 is 2.27 bits per heavy atom. The van der Waals surface area contributed by atoms with E-state index >= 15 is 0 Å². The minimum absolute atomic E-state index is 0.0319. The molecule has 3 heterocycles. The van der Waals surface area contributed by atoms with Crippen LogP contribution in [-0.2, 0) is 4.79 Å². The van der Waals surface area contributed by atoms with Gasteiger partial charge in [0.25, 0.3) is 0 Å². The highest BCUT2D eigenvalue weighted by atomic mass is 16.2. The Kier molecular flexibility index (Phi) is 4.05. The fraction of sp³-hybridized carbons (Fsp3) is 0.450. The fourth-order valence-corrected chi connectivity index (χ4v) is 3.74. The second kappa shape index (κ2) is 6.27. The minimum Gasteiger partial charge on any atom is -0.380 e. The first kappa shape index (κ1) is 16.8. The Bertz CT molecular complexity index is 881. The van der Waals surface area contributed by atoms with E-state index in [1.54, 1.807) is 12.4 Å². The van der Waals surface area contributed by atoms with Gasteiger partial charge in [-0.2, -0.15) is 0 Å². The number of nitrogens with one attached hydrogen (secondary N) is 2. The number of H-pyrrole nitrogens is 1. The second-order valence-electron chi connectivity index (χ2n) is 7.65. The number of hydrogen-bond donors (Lipinski definition) is 2. The number of pyridine rings is 1. The molecule has 2 aromatic heterocycles. The lowest BCUT2D eigenvalue weighted by Gasteiger charge is -2.33. The summed E-state index contributed by atoms with van der Waals surface area (Å²) in [5.41, 5.74) is 2.12. The Morgan fingerprint density at radius 3 is 3.00 bits per heavy atom. The Hall–Kier alpha value is -2.63. The molecule has 0 radical (unpaired) electrons. The SMILES string of the molecule is C=CC(=O)N1CCC[C@@H](Nc2ccnc3[nH]cc(C(=O)C4(C)CC4)c23)C1. The van der Waals surface area contributed by atoms with Gasteiger partial charge in [0.1, 0.15) is 5.65 Å². The third kappa shape index (κ3) is 2.89. The van der Waals surface area contributed by atoms with Crippen LogP contribution in [0.3, 0.4) is 0 Å². The van der Waals surface area contributed by atoms with Crippen LogP contribution < -0.4 is 5.32 Å². The topological polar surface area (TPSA) is 78.1 Å². The van der Waals surface area contributed by atoms with Crippen molar-refractivity contribution in [3.8, 4) is 0 Å². The van der Waals surface area contributed by atoms with Gasteiger partial charge in [0, 0.05) is 48.2 Å². The molecule has 1 atom stereocenters. The molecule has 2 aliphatic rings. The van der Waals surface area contributed by atoms with E-state index in [2.05, 4.69) is 21.9 Å². The van der Waals surface area contributed by atoms with Crippen LogP contribution in [0.5, 0.6) is 0 Å². The van der Waals surface area contributed by atoms with Crippen LogP contribution >= 0.6 is 0 Å². The van der Waals surface area contributed by atoms with Crippen LogP contribution in [0.15, 0.2) is 31.1 Å². The van der Waals surface area contributed by atoms with Crippen LogP contribution in [-0.4, -0.2) is 45.7 Å².